The molecule has 1 saturated carbocycles. The van der Waals surface area contributed by atoms with Crippen molar-refractivity contribution in [3.63, 3.8) is 0 Å². The minimum Gasteiger partial charge on any atom is -0.379 e. The van der Waals surface area contributed by atoms with Crippen LogP contribution in [0.15, 0.2) is 24.3 Å². The smallest absolute Gasteiger partial charge is 0.220 e. The standard InChI is InChI=1S/C21H31FN2O2/c22-19-9-7-18(8-10-19)20(24-12-14-26-15-13-24)16-23-21(25)11-6-17-4-2-1-3-5-17/h7-10,17,20H,1-6,11-16H2,(H,23,25). The summed E-state index contributed by atoms with van der Waals surface area (Å²) in [5.74, 6) is 0.628. The average Bonchev–Trinajstić information content (AvgIpc) is 2.69. The molecule has 1 aliphatic heterocycles. The van der Waals surface area contributed by atoms with Crippen LogP contribution in [0, 0.1) is 11.7 Å². The van der Waals surface area contributed by atoms with Gasteiger partial charge in [0.1, 0.15) is 5.82 Å². The summed E-state index contributed by atoms with van der Waals surface area (Å²) in [7, 11) is 0. The first kappa shape index (κ1) is 19.3. The molecule has 26 heavy (non-hydrogen) atoms. The lowest BCUT2D eigenvalue weighted by Gasteiger charge is -2.35. The molecule has 1 aromatic rings. The number of amides is 1. The van der Waals surface area contributed by atoms with Crippen molar-refractivity contribution in [3.05, 3.63) is 35.6 Å². The summed E-state index contributed by atoms with van der Waals surface area (Å²) in [5.41, 5.74) is 1.04. The monoisotopic (exact) mass is 362 g/mol. The molecule has 1 aromatic carbocycles. The van der Waals surface area contributed by atoms with E-state index in [-0.39, 0.29) is 17.8 Å². The molecule has 1 saturated heterocycles. The highest BCUT2D eigenvalue weighted by Gasteiger charge is 2.23. The van der Waals surface area contributed by atoms with Gasteiger partial charge >= 0.3 is 0 Å². The molecular formula is C21H31FN2O2. The van der Waals surface area contributed by atoms with Crippen LogP contribution in [-0.4, -0.2) is 43.7 Å². The zero-order valence-electron chi connectivity index (χ0n) is 15.6. The van der Waals surface area contributed by atoms with Gasteiger partial charge in [-0.1, -0.05) is 44.2 Å². The molecule has 1 amide bonds. The van der Waals surface area contributed by atoms with E-state index in [1.54, 1.807) is 0 Å². The minimum absolute atomic E-state index is 0.0677. The van der Waals surface area contributed by atoms with Gasteiger partial charge in [0, 0.05) is 26.1 Å². The van der Waals surface area contributed by atoms with E-state index in [4.69, 9.17) is 4.74 Å². The van der Waals surface area contributed by atoms with Gasteiger partial charge in [0.25, 0.3) is 0 Å². The Balaban J connectivity index is 1.52. The summed E-state index contributed by atoms with van der Waals surface area (Å²) in [5, 5.41) is 3.12. The lowest BCUT2D eigenvalue weighted by Crippen LogP contribution is -2.43. The van der Waals surface area contributed by atoms with Crippen LogP contribution in [0.3, 0.4) is 0 Å². The summed E-state index contributed by atoms with van der Waals surface area (Å²) < 4.78 is 18.7. The van der Waals surface area contributed by atoms with E-state index in [1.807, 2.05) is 12.1 Å². The summed E-state index contributed by atoms with van der Waals surface area (Å²) in [6, 6.07) is 6.70. The number of nitrogens with zero attached hydrogens (tertiary/aromatic N) is 1. The van der Waals surface area contributed by atoms with E-state index in [2.05, 4.69) is 10.2 Å². The molecule has 2 fully saturated rings. The van der Waals surface area contributed by atoms with E-state index < -0.39 is 0 Å². The Labute approximate surface area is 156 Å². The molecule has 1 N–H and O–H groups in total. The molecule has 1 heterocycles. The number of nitrogens with one attached hydrogen (secondary N) is 1. The van der Waals surface area contributed by atoms with Crippen molar-refractivity contribution in [3.8, 4) is 0 Å². The summed E-state index contributed by atoms with van der Waals surface area (Å²) in [6.07, 6.45) is 8.15. The van der Waals surface area contributed by atoms with Crippen LogP contribution in [0.5, 0.6) is 0 Å². The zero-order chi connectivity index (χ0) is 18.2. The first-order valence-corrected chi connectivity index (χ1v) is 10.1. The number of benzene rings is 1. The van der Waals surface area contributed by atoms with Gasteiger partial charge in [-0.25, -0.2) is 4.39 Å². The van der Waals surface area contributed by atoms with Crippen LogP contribution < -0.4 is 5.32 Å². The lowest BCUT2D eigenvalue weighted by molar-refractivity contribution is -0.121. The van der Waals surface area contributed by atoms with E-state index in [0.717, 1.165) is 31.0 Å². The van der Waals surface area contributed by atoms with Crippen molar-refractivity contribution in [1.29, 1.82) is 0 Å². The SMILES string of the molecule is O=C(CCC1CCCCC1)NCC(c1ccc(F)cc1)N1CCOCC1. The number of carbonyl (C=O) groups is 1. The molecule has 0 bridgehead atoms. The third-order valence-electron chi connectivity index (χ3n) is 5.74. The first-order valence-electron chi connectivity index (χ1n) is 10.1. The van der Waals surface area contributed by atoms with Crippen LogP contribution in [0.1, 0.15) is 56.6 Å². The fourth-order valence-electron chi connectivity index (χ4n) is 4.14. The topological polar surface area (TPSA) is 41.6 Å². The maximum Gasteiger partial charge on any atom is 0.220 e. The number of hydrogen-bond acceptors (Lipinski definition) is 3. The molecule has 1 aliphatic carbocycles. The number of hydrogen-bond donors (Lipinski definition) is 1. The van der Waals surface area contributed by atoms with Gasteiger partial charge in [-0.05, 0) is 30.0 Å². The van der Waals surface area contributed by atoms with Crippen molar-refractivity contribution < 1.29 is 13.9 Å². The second-order valence-corrected chi connectivity index (χ2v) is 7.56. The Morgan fingerprint density at radius 1 is 1.15 bits per heavy atom. The summed E-state index contributed by atoms with van der Waals surface area (Å²) in [4.78, 5) is 14.7. The quantitative estimate of drug-likeness (QED) is 0.805. The highest BCUT2D eigenvalue weighted by Crippen LogP contribution is 2.27. The van der Waals surface area contributed by atoms with E-state index in [1.165, 1.54) is 44.2 Å². The van der Waals surface area contributed by atoms with Gasteiger partial charge in [0.05, 0.1) is 19.3 Å². The molecule has 1 atom stereocenters. The number of rotatable bonds is 7. The number of carbonyl (C=O) groups excluding carboxylic acids is 1. The van der Waals surface area contributed by atoms with Crippen LogP contribution in [0.2, 0.25) is 0 Å². The Kier molecular flexibility index (Phi) is 7.44. The van der Waals surface area contributed by atoms with Crippen molar-refractivity contribution in [2.24, 2.45) is 5.92 Å². The second-order valence-electron chi connectivity index (χ2n) is 7.56. The molecule has 5 heteroatoms. The molecule has 0 spiro atoms. The maximum absolute atomic E-state index is 13.3. The fraction of sp³-hybridized carbons (Fsp3) is 0.667. The maximum atomic E-state index is 13.3. The molecule has 1 unspecified atom stereocenters. The van der Waals surface area contributed by atoms with Crippen LogP contribution in [0.25, 0.3) is 0 Å². The molecule has 144 valence electrons. The van der Waals surface area contributed by atoms with Gasteiger partial charge < -0.3 is 10.1 Å². The third kappa shape index (κ3) is 5.78. The highest BCUT2D eigenvalue weighted by atomic mass is 19.1. The molecule has 4 nitrogen and oxygen atoms in total. The van der Waals surface area contributed by atoms with Crippen LogP contribution in [0.4, 0.5) is 4.39 Å². The van der Waals surface area contributed by atoms with Crippen molar-refractivity contribution in [2.45, 2.75) is 51.0 Å². The Bertz CT molecular complexity index is 552. The van der Waals surface area contributed by atoms with Crippen LogP contribution in [-0.2, 0) is 9.53 Å². The summed E-state index contributed by atoms with van der Waals surface area (Å²) >= 11 is 0. The molecule has 0 radical (unpaired) electrons. The number of morpholine rings is 1. The van der Waals surface area contributed by atoms with Crippen molar-refractivity contribution >= 4 is 5.91 Å². The van der Waals surface area contributed by atoms with Crippen LogP contribution >= 0.6 is 0 Å². The highest BCUT2D eigenvalue weighted by molar-refractivity contribution is 5.75. The minimum atomic E-state index is -0.231. The molecular weight excluding hydrogens is 331 g/mol. The third-order valence-corrected chi connectivity index (χ3v) is 5.74. The number of ether oxygens (including phenoxy) is 1. The second kappa shape index (κ2) is 10.0. The normalized spacial score (nSPS) is 20.7. The Hall–Kier alpha value is -1.46. The van der Waals surface area contributed by atoms with Gasteiger partial charge in [-0.3, -0.25) is 9.69 Å². The fourth-order valence-corrected chi connectivity index (χ4v) is 4.14. The molecule has 2 aliphatic rings. The predicted molar refractivity (Wildman–Crippen MR) is 100 cm³/mol. The lowest BCUT2D eigenvalue weighted by atomic mass is 9.86. The largest absolute Gasteiger partial charge is 0.379 e. The number of halogens is 1. The van der Waals surface area contributed by atoms with Gasteiger partial charge in [0.2, 0.25) is 5.91 Å². The van der Waals surface area contributed by atoms with E-state index in [0.29, 0.717) is 26.2 Å². The van der Waals surface area contributed by atoms with E-state index >= 15 is 0 Å². The summed E-state index contributed by atoms with van der Waals surface area (Å²) in [6.45, 7) is 3.63. The average molecular weight is 362 g/mol. The van der Waals surface area contributed by atoms with Gasteiger partial charge in [-0.15, -0.1) is 0 Å². The predicted octanol–water partition coefficient (Wildman–Crippen LogP) is 3.68. The molecule has 3 rings (SSSR count). The Morgan fingerprint density at radius 2 is 1.85 bits per heavy atom. The first-order chi connectivity index (χ1) is 12.7. The van der Waals surface area contributed by atoms with Gasteiger partial charge in [0.15, 0.2) is 0 Å². The van der Waals surface area contributed by atoms with Crippen molar-refractivity contribution in [1.82, 2.24) is 10.2 Å². The van der Waals surface area contributed by atoms with Gasteiger partial charge in [-0.2, -0.15) is 0 Å². The van der Waals surface area contributed by atoms with Crippen molar-refractivity contribution in [2.75, 3.05) is 32.8 Å². The Morgan fingerprint density at radius 3 is 2.54 bits per heavy atom. The molecule has 0 aromatic heterocycles. The van der Waals surface area contributed by atoms with E-state index in [9.17, 15) is 9.18 Å². The zero-order valence-corrected chi connectivity index (χ0v) is 15.6.